The summed E-state index contributed by atoms with van der Waals surface area (Å²) >= 11 is 0. The van der Waals surface area contributed by atoms with E-state index in [-0.39, 0.29) is 16.8 Å². The maximum absolute atomic E-state index is 12.3. The van der Waals surface area contributed by atoms with Crippen LogP contribution < -0.4 is 10.5 Å². The molecule has 1 amide bonds. The molecule has 1 atom stereocenters. The molecule has 1 heterocycles. The van der Waals surface area contributed by atoms with Gasteiger partial charge in [-0.05, 0) is 37.1 Å². The quantitative estimate of drug-likeness (QED) is 0.806. The average Bonchev–Trinajstić information content (AvgIpc) is 2.44. The molecule has 1 saturated heterocycles. The number of likely N-dealkylation sites (tertiary alicyclic amines) is 1. The van der Waals surface area contributed by atoms with Gasteiger partial charge in [-0.3, -0.25) is 4.79 Å². The second-order valence-corrected chi connectivity index (χ2v) is 7.03. The fourth-order valence-electron chi connectivity index (χ4n) is 2.40. The van der Waals surface area contributed by atoms with Gasteiger partial charge in [-0.25, -0.2) is 13.1 Å². The molecule has 0 radical (unpaired) electrons. The minimum absolute atomic E-state index is 0.0524. The molecule has 1 aromatic carbocycles. The summed E-state index contributed by atoms with van der Waals surface area (Å²) in [5.41, 5.74) is 6.48. The molecule has 116 valence electrons. The lowest BCUT2D eigenvalue weighted by Gasteiger charge is -2.29. The Balaban J connectivity index is 2.06. The van der Waals surface area contributed by atoms with Crippen molar-refractivity contribution in [2.24, 2.45) is 5.73 Å². The Morgan fingerprint density at radius 2 is 2.00 bits per heavy atom. The van der Waals surface area contributed by atoms with Crippen LogP contribution in [0.4, 0.5) is 0 Å². The zero-order chi connectivity index (χ0) is 15.5. The minimum Gasteiger partial charge on any atom is -0.344 e. The summed E-state index contributed by atoms with van der Waals surface area (Å²) in [4.78, 5) is 13.2. The highest BCUT2D eigenvalue weighted by Crippen LogP contribution is 2.15. The number of benzene rings is 1. The third-order valence-electron chi connectivity index (χ3n) is 3.62. The van der Waals surface area contributed by atoms with Gasteiger partial charge in [0.2, 0.25) is 15.9 Å². The summed E-state index contributed by atoms with van der Waals surface area (Å²) in [5.74, 6) is 0.0524. The summed E-state index contributed by atoms with van der Waals surface area (Å²) in [6.07, 6.45) is 1.63. The summed E-state index contributed by atoms with van der Waals surface area (Å²) in [6, 6.07) is 6.49. The van der Waals surface area contributed by atoms with Gasteiger partial charge in [0.1, 0.15) is 0 Å². The number of nitrogens with zero attached hydrogens (tertiary/aromatic N) is 1. The number of nitrogens with two attached hydrogens (primary N) is 1. The van der Waals surface area contributed by atoms with E-state index in [9.17, 15) is 13.2 Å². The first-order valence-electron chi connectivity index (χ1n) is 6.97. The molecule has 2 rings (SSSR count). The van der Waals surface area contributed by atoms with Crippen LogP contribution in [0.25, 0.3) is 0 Å². The molecule has 1 aromatic rings. The molecule has 1 fully saturated rings. The smallest absolute Gasteiger partial charge is 0.240 e. The molecule has 1 aliphatic heterocycles. The average molecular weight is 311 g/mol. The van der Waals surface area contributed by atoms with E-state index in [0.29, 0.717) is 25.9 Å². The Kier molecular flexibility index (Phi) is 4.97. The van der Waals surface area contributed by atoms with E-state index in [1.54, 1.807) is 36.2 Å². The van der Waals surface area contributed by atoms with Crippen molar-refractivity contribution in [1.29, 1.82) is 0 Å². The van der Waals surface area contributed by atoms with E-state index >= 15 is 0 Å². The van der Waals surface area contributed by atoms with Gasteiger partial charge >= 0.3 is 0 Å². The van der Waals surface area contributed by atoms with Gasteiger partial charge in [-0.1, -0.05) is 12.1 Å². The Bertz CT molecular complexity index is 598. The molecular weight excluding hydrogens is 290 g/mol. The lowest BCUT2D eigenvalue weighted by molar-refractivity contribution is -0.132. The fourth-order valence-corrected chi connectivity index (χ4v) is 3.66. The maximum Gasteiger partial charge on any atom is 0.240 e. The molecule has 7 heteroatoms. The van der Waals surface area contributed by atoms with Crippen molar-refractivity contribution < 1.29 is 13.2 Å². The zero-order valence-electron chi connectivity index (χ0n) is 12.1. The number of hydrogen-bond donors (Lipinski definition) is 2. The second-order valence-electron chi connectivity index (χ2n) is 5.31. The van der Waals surface area contributed by atoms with Crippen molar-refractivity contribution in [2.75, 3.05) is 20.1 Å². The summed E-state index contributed by atoms with van der Waals surface area (Å²) in [5, 5.41) is 0. The molecule has 0 bridgehead atoms. The first-order valence-corrected chi connectivity index (χ1v) is 8.46. The van der Waals surface area contributed by atoms with Gasteiger partial charge in [-0.15, -0.1) is 0 Å². The van der Waals surface area contributed by atoms with Gasteiger partial charge < -0.3 is 10.6 Å². The van der Waals surface area contributed by atoms with Crippen LogP contribution in [0.3, 0.4) is 0 Å². The molecule has 0 spiro atoms. The van der Waals surface area contributed by atoms with Crippen LogP contribution in [-0.2, 0) is 21.2 Å². The van der Waals surface area contributed by atoms with Crippen LogP contribution in [0.1, 0.15) is 18.4 Å². The fraction of sp³-hybridized carbons (Fsp3) is 0.500. The van der Waals surface area contributed by atoms with Gasteiger partial charge in [0.25, 0.3) is 0 Å². The number of carbonyl (C=O) groups excluding carboxylic acids is 1. The SMILES string of the molecule is CN1CC(NS(=O)(=O)c2ccc(CCN)cc2)CCC1=O. The van der Waals surface area contributed by atoms with Crippen molar-refractivity contribution in [2.45, 2.75) is 30.2 Å². The lowest BCUT2D eigenvalue weighted by atomic mass is 10.1. The van der Waals surface area contributed by atoms with E-state index in [2.05, 4.69) is 4.72 Å². The normalized spacial score (nSPS) is 19.8. The van der Waals surface area contributed by atoms with Crippen LogP contribution in [-0.4, -0.2) is 45.4 Å². The van der Waals surface area contributed by atoms with E-state index in [1.807, 2.05) is 0 Å². The number of amides is 1. The standard InChI is InChI=1S/C14H21N3O3S/c1-17-10-12(4-7-14(17)18)16-21(19,20)13-5-2-11(3-6-13)8-9-15/h2-3,5-6,12,16H,4,7-10,15H2,1H3. The number of hydrogen-bond acceptors (Lipinski definition) is 4. The van der Waals surface area contributed by atoms with Crippen LogP contribution in [0, 0.1) is 0 Å². The van der Waals surface area contributed by atoms with Gasteiger partial charge in [0, 0.05) is 26.1 Å². The highest BCUT2D eigenvalue weighted by atomic mass is 32.2. The maximum atomic E-state index is 12.3. The van der Waals surface area contributed by atoms with E-state index in [1.165, 1.54) is 0 Å². The number of sulfonamides is 1. The molecule has 1 unspecified atom stereocenters. The second kappa shape index (κ2) is 6.55. The van der Waals surface area contributed by atoms with Crippen molar-refractivity contribution in [3.05, 3.63) is 29.8 Å². The van der Waals surface area contributed by atoms with Gasteiger partial charge in [0.15, 0.2) is 0 Å². The van der Waals surface area contributed by atoms with Gasteiger partial charge in [0.05, 0.1) is 4.90 Å². The summed E-state index contributed by atoms with van der Waals surface area (Å²) < 4.78 is 27.3. The number of carbonyl (C=O) groups is 1. The molecule has 0 aromatic heterocycles. The Morgan fingerprint density at radius 3 is 2.57 bits per heavy atom. The molecular formula is C14H21N3O3S. The van der Waals surface area contributed by atoms with Crippen molar-refractivity contribution in [3.8, 4) is 0 Å². The highest BCUT2D eigenvalue weighted by Gasteiger charge is 2.27. The number of likely N-dealkylation sites (N-methyl/N-ethyl adjacent to an activating group) is 1. The third kappa shape index (κ3) is 4.03. The topological polar surface area (TPSA) is 92.5 Å². The van der Waals surface area contributed by atoms with Crippen LogP contribution in [0.15, 0.2) is 29.2 Å². The van der Waals surface area contributed by atoms with E-state index < -0.39 is 10.0 Å². The van der Waals surface area contributed by atoms with Crippen molar-refractivity contribution in [1.82, 2.24) is 9.62 Å². The third-order valence-corrected chi connectivity index (χ3v) is 5.15. The zero-order valence-corrected chi connectivity index (χ0v) is 12.9. The first kappa shape index (κ1) is 15.9. The van der Waals surface area contributed by atoms with Crippen molar-refractivity contribution in [3.63, 3.8) is 0 Å². The molecule has 6 nitrogen and oxygen atoms in total. The lowest BCUT2D eigenvalue weighted by Crippen LogP contribution is -2.48. The van der Waals surface area contributed by atoms with Crippen LogP contribution >= 0.6 is 0 Å². The number of piperidine rings is 1. The predicted molar refractivity (Wildman–Crippen MR) is 80.2 cm³/mol. The number of rotatable bonds is 5. The highest BCUT2D eigenvalue weighted by molar-refractivity contribution is 7.89. The number of nitrogens with one attached hydrogen (secondary N) is 1. The molecule has 3 N–H and O–H groups in total. The predicted octanol–water partition coefficient (Wildman–Crippen LogP) is 0.0869. The van der Waals surface area contributed by atoms with E-state index in [4.69, 9.17) is 5.73 Å². The molecule has 0 aliphatic carbocycles. The Hall–Kier alpha value is -1.44. The molecule has 0 saturated carbocycles. The Morgan fingerprint density at radius 1 is 1.33 bits per heavy atom. The molecule has 1 aliphatic rings. The molecule has 21 heavy (non-hydrogen) atoms. The Labute approximate surface area is 125 Å². The van der Waals surface area contributed by atoms with Crippen LogP contribution in [0.5, 0.6) is 0 Å². The largest absolute Gasteiger partial charge is 0.344 e. The first-order chi connectivity index (χ1) is 9.92. The minimum atomic E-state index is -3.55. The van der Waals surface area contributed by atoms with Crippen LogP contribution in [0.2, 0.25) is 0 Å². The van der Waals surface area contributed by atoms with Gasteiger partial charge in [-0.2, -0.15) is 0 Å². The summed E-state index contributed by atoms with van der Waals surface area (Å²) in [6.45, 7) is 0.941. The monoisotopic (exact) mass is 311 g/mol. The summed E-state index contributed by atoms with van der Waals surface area (Å²) in [7, 11) is -1.87. The van der Waals surface area contributed by atoms with E-state index in [0.717, 1.165) is 12.0 Å². The van der Waals surface area contributed by atoms with Crippen molar-refractivity contribution >= 4 is 15.9 Å².